The Hall–Kier alpha value is -1.14. The van der Waals surface area contributed by atoms with Gasteiger partial charge in [-0.25, -0.2) is 9.48 Å². The maximum atomic E-state index is 11.5. The van der Waals surface area contributed by atoms with E-state index in [-0.39, 0.29) is 11.6 Å². The molecule has 0 aliphatic rings. The zero-order valence-electron chi connectivity index (χ0n) is 9.15. The number of hydrogen-bond donors (Lipinski definition) is 1. The Morgan fingerprint density at radius 2 is 2.38 bits per heavy atom. The van der Waals surface area contributed by atoms with E-state index in [4.69, 9.17) is 22.1 Å². The van der Waals surface area contributed by atoms with Crippen LogP contribution in [0, 0.1) is 0 Å². The molecule has 0 bridgehead atoms. The van der Waals surface area contributed by atoms with E-state index >= 15 is 0 Å². The molecule has 7 heteroatoms. The van der Waals surface area contributed by atoms with Crippen LogP contribution >= 0.6 is 11.6 Å². The topological polar surface area (TPSA) is 83.0 Å². The summed E-state index contributed by atoms with van der Waals surface area (Å²) in [5.41, 5.74) is 6.16. The van der Waals surface area contributed by atoms with E-state index in [1.165, 1.54) is 0 Å². The van der Waals surface area contributed by atoms with Gasteiger partial charge in [0, 0.05) is 6.54 Å². The molecule has 0 saturated heterocycles. The van der Waals surface area contributed by atoms with Crippen molar-refractivity contribution in [3.05, 3.63) is 11.4 Å². The molecule has 1 aromatic heterocycles. The van der Waals surface area contributed by atoms with Crippen LogP contribution in [0.1, 0.15) is 29.5 Å². The van der Waals surface area contributed by atoms with Gasteiger partial charge in [0.25, 0.3) is 0 Å². The van der Waals surface area contributed by atoms with Crippen LogP contribution in [0.5, 0.6) is 0 Å². The molecular formula is C9H15ClN4O2. The van der Waals surface area contributed by atoms with Crippen molar-refractivity contribution >= 4 is 17.6 Å². The number of aromatic nitrogens is 3. The van der Waals surface area contributed by atoms with E-state index in [2.05, 4.69) is 10.3 Å². The van der Waals surface area contributed by atoms with Crippen LogP contribution in [0.15, 0.2) is 0 Å². The first-order valence-electron chi connectivity index (χ1n) is 5.10. The second-order valence-electron chi connectivity index (χ2n) is 3.10. The molecule has 0 aliphatic heterocycles. The molecule has 0 aromatic carbocycles. The fourth-order valence-corrected chi connectivity index (χ4v) is 1.51. The molecule has 1 rings (SSSR count). The van der Waals surface area contributed by atoms with Crippen LogP contribution in [0.4, 0.5) is 0 Å². The van der Waals surface area contributed by atoms with Crippen LogP contribution in [-0.2, 0) is 17.2 Å². The third kappa shape index (κ3) is 2.93. The predicted molar refractivity (Wildman–Crippen MR) is 59.2 cm³/mol. The van der Waals surface area contributed by atoms with E-state index in [1.54, 1.807) is 11.6 Å². The minimum atomic E-state index is -0.489. The number of nitrogens with two attached hydrogens (primary N) is 1. The zero-order valence-corrected chi connectivity index (χ0v) is 9.90. The molecule has 6 nitrogen and oxygen atoms in total. The van der Waals surface area contributed by atoms with Gasteiger partial charge in [-0.1, -0.05) is 5.21 Å². The fourth-order valence-electron chi connectivity index (χ4n) is 1.24. The molecule has 0 atom stereocenters. The highest BCUT2D eigenvalue weighted by Crippen LogP contribution is 2.10. The Morgan fingerprint density at radius 1 is 1.62 bits per heavy atom. The molecule has 90 valence electrons. The van der Waals surface area contributed by atoms with Crippen molar-refractivity contribution in [1.82, 2.24) is 15.0 Å². The van der Waals surface area contributed by atoms with Crippen molar-refractivity contribution in [3.63, 3.8) is 0 Å². The summed E-state index contributed by atoms with van der Waals surface area (Å²) in [5.74, 6) is -0.316. The van der Waals surface area contributed by atoms with Crippen molar-refractivity contribution in [1.29, 1.82) is 0 Å². The standard InChI is InChI=1S/C9H15ClN4O2/c1-2-16-9(15)8-7(6-10)14(13-12-8)5-3-4-11/h2-6,11H2,1H3. The summed E-state index contributed by atoms with van der Waals surface area (Å²) in [6.45, 7) is 3.19. The Morgan fingerprint density at radius 3 is 2.94 bits per heavy atom. The number of esters is 1. The summed E-state index contributed by atoms with van der Waals surface area (Å²) >= 11 is 5.76. The van der Waals surface area contributed by atoms with Gasteiger partial charge in [-0.3, -0.25) is 0 Å². The van der Waals surface area contributed by atoms with Crippen LogP contribution in [0.2, 0.25) is 0 Å². The largest absolute Gasteiger partial charge is 0.461 e. The van der Waals surface area contributed by atoms with Crippen molar-refractivity contribution in [2.45, 2.75) is 25.8 Å². The molecule has 0 aliphatic carbocycles. The van der Waals surface area contributed by atoms with Crippen LogP contribution in [0.3, 0.4) is 0 Å². The summed E-state index contributed by atoms with van der Waals surface area (Å²) in [6, 6.07) is 0. The van der Waals surface area contributed by atoms with Gasteiger partial charge in [0.15, 0.2) is 5.69 Å². The molecule has 0 fully saturated rings. The summed E-state index contributed by atoms with van der Waals surface area (Å²) < 4.78 is 6.44. The van der Waals surface area contributed by atoms with Gasteiger partial charge in [0.2, 0.25) is 0 Å². The van der Waals surface area contributed by atoms with Gasteiger partial charge in [0.05, 0.1) is 18.2 Å². The molecule has 0 saturated carbocycles. The van der Waals surface area contributed by atoms with E-state index in [0.717, 1.165) is 6.42 Å². The highest BCUT2D eigenvalue weighted by Gasteiger charge is 2.19. The molecule has 0 spiro atoms. The fraction of sp³-hybridized carbons (Fsp3) is 0.667. The Bertz CT molecular complexity index is 353. The quantitative estimate of drug-likeness (QED) is 0.585. The molecule has 0 amide bonds. The minimum absolute atomic E-state index is 0.172. The lowest BCUT2D eigenvalue weighted by molar-refractivity contribution is 0.0518. The van der Waals surface area contributed by atoms with Crippen LogP contribution in [-0.4, -0.2) is 34.1 Å². The highest BCUT2D eigenvalue weighted by atomic mass is 35.5. The third-order valence-electron chi connectivity index (χ3n) is 2.01. The average molecular weight is 247 g/mol. The van der Waals surface area contributed by atoms with Gasteiger partial charge in [-0.05, 0) is 19.9 Å². The van der Waals surface area contributed by atoms with Crippen molar-refractivity contribution in [2.75, 3.05) is 13.2 Å². The van der Waals surface area contributed by atoms with Gasteiger partial charge in [-0.2, -0.15) is 0 Å². The Labute approximate surface area is 98.7 Å². The van der Waals surface area contributed by atoms with E-state index in [9.17, 15) is 4.79 Å². The minimum Gasteiger partial charge on any atom is -0.461 e. The average Bonchev–Trinajstić information content (AvgIpc) is 2.69. The normalized spacial score (nSPS) is 10.4. The zero-order chi connectivity index (χ0) is 12.0. The first kappa shape index (κ1) is 12.9. The molecule has 0 unspecified atom stereocenters. The second kappa shape index (κ2) is 6.44. The van der Waals surface area contributed by atoms with E-state index < -0.39 is 5.97 Å². The van der Waals surface area contributed by atoms with Crippen molar-refractivity contribution in [2.24, 2.45) is 5.73 Å². The first-order chi connectivity index (χ1) is 7.74. The maximum Gasteiger partial charge on any atom is 0.360 e. The lowest BCUT2D eigenvalue weighted by Crippen LogP contribution is -2.12. The molecule has 2 N–H and O–H groups in total. The van der Waals surface area contributed by atoms with Crippen molar-refractivity contribution in [3.8, 4) is 0 Å². The van der Waals surface area contributed by atoms with Crippen molar-refractivity contribution < 1.29 is 9.53 Å². The number of ether oxygens (including phenoxy) is 1. The number of alkyl halides is 1. The Balaban J connectivity index is 2.85. The number of carbonyl (C=O) groups excluding carboxylic acids is 1. The smallest absolute Gasteiger partial charge is 0.360 e. The molecular weight excluding hydrogens is 232 g/mol. The maximum absolute atomic E-state index is 11.5. The predicted octanol–water partition coefficient (Wildman–Crippen LogP) is 0.542. The number of rotatable bonds is 6. The second-order valence-corrected chi connectivity index (χ2v) is 3.37. The number of halogens is 1. The van der Waals surface area contributed by atoms with Gasteiger partial charge in [0.1, 0.15) is 0 Å². The number of hydrogen-bond acceptors (Lipinski definition) is 5. The van der Waals surface area contributed by atoms with E-state index in [0.29, 0.717) is 25.4 Å². The Kier molecular flexibility index (Phi) is 5.21. The van der Waals surface area contributed by atoms with Gasteiger partial charge >= 0.3 is 5.97 Å². The number of nitrogens with zero attached hydrogens (tertiary/aromatic N) is 3. The van der Waals surface area contributed by atoms with Crippen LogP contribution < -0.4 is 5.73 Å². The molecule has 1 heterocycles. The summed E-state index contributed by atoms with van der Waals surface area (Å²) in [7, 11) is 0. The van der Waals surface area contributed by atoms with Gasteiger partial charge < -0.3 is 10.5 Å². The van der Waals surface area contributed by atoms with Gasteiger partial charge in [-0.15, -0.1) is 16.7 Å². The first-order valence-corrected chi connectivity index (χ1v) is 5.63. The highest BCUT2D eigenvalue weighted by molar-refractivity contribution is 6.17. The molecule has 1 aromatic rings. The summed E-state index contributed by atoms with van der Waals surface area (Å²) in [5, 5.41) is 7.63. The third-order valence-corrected chi connectivity index (χ3v) is 2.26. The summed E-state index contributed by atoms with van der Waals surface area (Å²) in [4.78, 5) is 11.5. The summed E-state index contributed by atoms with van der Waals surface area (Å²) in [6.07, 6.45) is 0.759. The SMILES string of the molecule is CCOC(=O)c1nnn(CCCN)c1CCl. The lowest BCUT2D eigenvalue weighted by atomic mass is 10.3. The number of carbonyl (C=O) groups is 1. The van der Waals surface area contributed by atoms with Crippen LogP contribution in [0.25, 0.3) is 0 Å². The molecule has 0 radical (unpaired) electrons. The monoisotopic (exact) mass is 246 g/mol. The molecule has 16 heavy (non-hydrogen) atoms. The lowest BCUT2D eigenvalue weighted by Gasteiger charge is -2.03. The van der Waals surface area contributed by atoms with E-state index in [1.807, 2.05) is 0 Å². The number of aryl methyl sites for hydroxylation is 1.